The molecule has 4 aliphatic heterocycles. The Balaban J connectivity index is 1.34. The first-order valence-corrected chi connectivity index (χ1v) is 20.6. The van der Waals surface area contributed by atoms with Gasteiger partial charge in [-0.05, 0) is 87.7 Å². The van der Waals surface area contributed by atoms with E-state index >= 15 is 0 Å². The van der Waals surface area contributed by atoms with Crippen LogP contribution in [0.25, 0.3) is 11.6 Å². The lowest BCUT2D eigenvalue weighted by Crippen LogP contribution is -2.54. The molecule has 2 aromatic rings. The molecule has 0 unspecified atom stereocenters. The highest BCUT2D eigenvalue weighted by molar-refractivity contribution is 6.11. The summed E-state index contributed by atoms with van der Waals surface area (Å²) in [6.45, 7) is 7.66. The Bertz CT molecular complexity index is 2140. The summed E-state index contributed by atoms with van der Waals surface area (Å²) >= 11 is 0. The number of likely N-dealkylation sites (tertiary alicyclic amines) is 1. The van der Waals surface area contributed by atoms with Crippen LogP contribution < -0.4 is 24.8 Å². The average molecular weight is 801 g/mol. The number of rotatable bonds is 14. The minimum atomic E-state index is -1.28. The fraction of sp³-hybridized carbons (Fsp3) is 0.556. The third-order valence-electron chi connectivity index (χ3n) is 13.0. The van der Waals surface area contributed by atoms with Crippen molar-refractivity contribution in [2.75, 3.05) is 53.7 Å². The van der Waals surface area contributed by atoms with Crippen molar-refractivity contribution in [3.05, 3.63) is 67.9 Å². The standard InChI is InChI=1S/C45H56N2O11/c1-6-30-20-29(12-15-47(30)14-8-16-54-4)45(3,53)36-21-32-40(57-36)34(24-50)42-38(41(32)55-5)37(33(23-49)43(58-42)44(52)56-7-2)27-18-28(22-48)39(51)31(19-27)25-9-10-35-26(17-25)11-13-46-35/h9-11,17,23,28-31,36,48,50,53H,6-8,12-16,18-22,24H2,1-5H3/t28-,29+,30-,31-,36-,45+/m0/s1. The maximum atomic E-state index is 14.0. The van der Waals surface area contributed by atoms with E-state index in [0.717, 1.165) is 54.9 Å². The molecule has 0 bridgehead atoms. The highest BCUT2D eigenvalue weighted by atomic mass is 16.6. The van der Waals surface area contributed by atoms with Crippen molar-refractivity contribution in [3.63, 3.8) is 0 Å². The van der Waals surface area contributed by atoms with E-state index in [1.807, 2.05) is 31.2 Å². The van der Waals surface area contributed by atoms with Gasteiger partial charge in [0.05, 0.1) is 55.5 Å². The molecule has 7 rings (SSSR count). The molecule has 3 N–H and O–H groups in total. The van der Waals surface area contributed by atoms with E-state index in [1.54, 1.807) is 14.0 Å². The van der Waals surface area contributed by atoms with E-state index < -0.39 is 42.7 Å². The molecule has 1 saturated carbocycles. The van der Waals surface area contributed by atoms with Gasteiger partial charge in [0.25, 0.3) is 0 Å². The zero-order valence-corrected chi connectivity index (χ0v) is 34.2. The minimum absolute atomic E-state index is 0.00654. The number of hydrogen-bond donors (Lipinski definition) is 3. The van der Waals surface area contributed by atoms with E-state index in [4.69, 9.17) is 23.7 Å². The molecular formula is C45H56N2O11. The van der Waals surface area contributed by atoms with Gasteiger partial charge in [-0.1, -0.05) is 24.6 Å². The minimum Gasteiger partial charge on any atom is -0.496 e. The van der Waals surface area contributed by atoms with Crippen LogP contribution in [0, 0.1) is 11.8 Å². The van der Waals surface area contributed by atoms with Crippen LogP contribution in [0.2, 0.25) is 0 Å². The molecule has 1 aliphatic carbocycles. The molecule has 0 radical (unpaired) electrons. The van der Waals surface area contributed by atoms with Crippen LogP contribution in [0.15, 0.2) is 40.1 Å². The Labute approximate surface area is 339 Å². The number of nitrogens with zero attached hydrogens (tertiary/aromatic N) is 2. The first kappa shape index (κ1) is 41.7. The first-order chi connectivity index (χ1) is 28.0. The fourth-order valence-electron chi connectivity index (χ4n) is 9.88. The summed E-state index contributed by atoms with van der Waals surface area (Å²) in [5.41, 5.74) is 1.51. The Hall–Kier alpha value is -4.40. The van der Waals surface area contributed by atoms with Crippen LogP contribution in [0.1, 0.15) is 87.5 Å². The van der Waals surface area contributed by atoms with Crippen LogP contribution >= 0.6 is 0 Å². The van der Waals surface area contributed by atoms with Gasteiger partial charge in [-0.2, -0.15) is 0 Å². The van der Waals surface area contributed by atoms with Crippen molar-refractivity contribution in [2.24, 2.45) is 16.8 Å². The van der Waals surface area contributed by atoms with Crippen molar-refractivity contribution in [1.82, 2.24) is 4.90 Å². The van der Waals surface area contributed by atoms with Gasteiger partial charge in [0.15, 0.2) is 6.29 Å². The summed E-state index contributed by atoms with van der Waals surface area (Å²) in [6, 6.07) is 6.00. The average Bonchev–Trinajstić information content (AvgIpc) is 3.90. The Morgan fingerprint density at radius 3 is 2.64 bits per heavy atom. The number of allylic oxidation sites excluding steroid dienone is 3. The first-order valence-electron chi connectivity index (χ1n) is 20.6. The summed E-state index contributed by atoms with van der Waals surface area (Å²) in [5.74, 6) is -2.26. The van der Waals surface area contributed by atoms with Crippen LogP contribution in [-0.4, -0.2) is 110 Å². The number of benzene rings is 2. The SMILES string of the molecule is CCOC(=O)C1=C(C=O)C(=C2C[C@@H](CO)C(=O)[C@H](c3ccc4c(c3)=CCN=4)C2)c2c(OC)c3c(c(CO)c2O1)O[C@H]([C@](C)(O)[C@@H]1CCN(CCCOC)[C@@H](CC)C1)C3. The molecule has 0 amide bonds. The molecule has 6 atom stereocenters. The number of ketones is 1. The van der Waals surface area contributed by atoms with Crippen molar-refractivity contribution in [3.8, 4) is 17.2 Å². The van der Waals surface area contributed by atoms with Crippen LogP contribution in [0.4, 0.5) is 0 Å². The molecule has 5 aliphatic rings. The quantitative estimate of drug-likeness (QED) is 0.145. The largest absolute Gasteiger partial charge is 0.496 e. The molecule has 0 spiro atoms. The van der Waals surface area contributed by atoms with Gasteiger partial charge in [-0.3, -0.25) is 14.6 Å². The zero-order chi connectivity index (χ0) is 41.3. The number of methoxy groups -OCH3 is 2. The molecule has 4 heterocycles. The number of ether oxygens (including phenoxy) is 5. The molecule has 13 nitrogen and oxygen atoms in total. The third kappa shape index (κ3) is 7.40. The number of aldehydes is 1. The second-order valence-electron chi connectivity index (χ2n) is 16.2. The van der Waals surface area contributed by atoms with Crippen molar-refractivity contribution < 1.29 is 53.4 Å². The van der Waals surface area contributed by atoms with Gasteiger partial charge >= 0.3 is 5.97 Å². The summed E-state index contributed by atoms with van der Waals surface area (Å²) in [5, 5.41) is 35.9. The van der Waals surface area contributed by atoms with Crippen molar-refractivity contribution >= 4 is 29.7 Å². The van der Waals surface area contributed by atoms with E-state index in [1.165, 1.54) is 7.11 Å². The van der Waals surface area contributed by atoms with Crippen LogP contribution in [-0.2, 0) is 36.9 Å². The predicted octanol–water partition coefficient (Wildman–Crippen LogP) is 3.10. The Kier molecular flexibility index (Phi) is 12.6. The van der Waals surface area contributed by atoms with E-state index in [0.29, 0.717) is 53.2 Å². The number of carbonyl (C=O) groups excluding carboxylic acids is 3. The Morgan fingerprint density at radius 2 is 1.95 bits per heavy atom. The van der Waals surface area contributed by atoms with Gasteiger partial charge in [0, 0.05) is 55.7 Å². The molecular weight excluding hydrogens is 744 g/mol. The number of carbonyl (C=O) groups is 3. The maximum Gasteiger partial charge on any atom is 0.375 e. The molecule has 2 aromatic carbocycles. The lowest BCUT2D eigenvalue weighted by molar-refractivity contribution is -0.141. The van der Waals surface area contributed by atoms with Crippen LogP contribution in [0.5, 0.6) is 17.2 Å². The third-order valence-corrected chi connectivity index (χ3v) is 13.0. The number of hydrogen-bond acceptors (Lipinski definition) is 13. The van der Waals surface area contributed by atoms with Gasteiger partial charge in [0.2, 0.25) is 5.76 Å². The summed E-state index contributed by atoms with van der Waals surface area (Å²) in [4.78, 5) is 47.8. The molecule has 13 heteroatoms. The zero-order valence-electron chi connectivity index (χ0n) is 34.2. The number of esters is 1. The summed E-state index contributed by atoms with van der Waals surface area (Å²) in [7, 11) is 3.20. The van der Waals surface area contributed by atoms with Gasteiger partial charge in [-0.15, -0.1) is 0 Å². The second kappa shape index (κ2) is 17.4. The molecule has 312 valence electrons. The fourth-order valence-corrected chi connectivity index (χ4v) is 9.88. The monoisotopic (exact) mass is 800 g/mol. The lowest BCUT2D eigenvalue weighted by atomic mass is 9.71. The topological polar surface area (TPSA) is 174 Å². The van der Waals surface area contributed by atoms with E-state index in [-0.39, 0.29) is 66.3 Å². The maximum absolute atomic E-state index is 14.0. The van der Waals surface area contributed by atoms with Crippen LogP contribution in [0.3, 0.4) is 0 Å². The number of aliphatic hydroxyl groups excluding tert-OH is 2. The molecule has 2 fully saturated rings. The second-order valence-corrected chi connectivity index (χ2v) is 16.2. The number of fused-ring (bicyclic) bond motifs is 3. The van der Waals surface area contributed by atoms with Crippen molar-refractivity contribution in [1.29, 1.82) is 0 Å². The number of aliphatic hydroxyl groups is 3. The number of Topliss-reactive ketones (excluding diaryl/α,β-unsaturated/α-hetero) is 1. The van der Waals surface area contributed by atoms with Crippen molar-refractivity contribution in [2.45, 2.75) is 96.0 Å². The van der Waals surface area contributed by atoms with Gasteiger partial charge in [0.1, 0.15) is 34.7 Å². The van der Waals surface area contributed by atoms with Gasteiger partial charge in [-0.25, -0.2) is 4.79 Å². The van der Waals surface area contributed by atoms with Gasteiger partial charge < -0.3 is 43.9 Å². The predicted molar refractivity (Wildman–Crippen MR) is 214 cm³/mol. The van der Waals surface area contributed by atoms with E-state index in [2.05, 4.69) is 16.8 Å². The number of piperidine rings is 1. The summed E-state index contributed by atoms with van der Waals surface area (Å²) in [6.07, 6.45) is 5.77. The molecule has 58 heavy (non-hydrogen) atoms. The molecule has 0 aromatic heterocycles. The van der Waals surface area contributed by atoms with E-state index in [9.17, 15) is 29.7 Å². The highest BCUT2D eigenvalue weighted by Crippen LogP contribution is 2.57. The lowest BCUT2D eigenvalue weighted by Gasteiger charge is -2.46. The Morgan fingerprint density at radius 1 is 1.14 bits per heavy atom. The molecule has 1 saturated heterocycles. The smallest absolute Gasteiger partial charge is 0.375 e. The normalized spacial score (nSPS) is 26.3. The highest BCUT2D eigenvalue weighted by Gasteiger charge is 2.50. The summed E-state index contributed by atoms with van der Waals surface area (Å²) < 4.78 is 29.9.